The Morgan fingerprint density at radius 1 is 1.26 bits per heavy atom. The van der Waals surface area contributed by atoms with Crippen LogP contribution < -0.4 is 5.32 Å². The molecule has 0 bridgehead atoms. The lowest BCUT2D eigenvalue weighted by Gasteiger charge is -2.27. The zero-order chi connectivity index (χ0) is 16.7. The Morgan fingerprint density at radius 3 is 2.70 bits per heavy atom. The summed E-state index contributed by atoms with van der Waals surface area (Å²) in [5.41, 5.74) is 0.475. The standard InChI is InChI=1S/C17H22ClN3O2/c1-16(2)9-13(17(3,4)23-16)19-10-14-20-21-15(22-14)11-6-5-7-12(18)8-11/h5-8,13,19H,9-10H2,1-4H3. The Kier molecular flexibility index (Phi) is 4.21. The summed E-state index contributed by atoms with van der Waals surface area (Å²) in [4.78, 5) is 0. The van der Waals surface area contributed by atoms with Crippen molar-refractivity contribution in [2.45, 2.75) is 57.9 Å². The van der Waals surface area contributed by atoms with Crippen molar-refractivity contribution < 1.29 is 9.15 Å². The van der Waals surface area contributed by atoms with Gasteiger partial charge in [0.1, 0.15) is 0 Å². The van der Waals surface area contributed by atoms with Crippen molar-refractivity contribution in [3.63, 3.8) is 0 Å². The Balaban J connectivity index is 1.66. The predicted molar refractivity (Wildman–Crippen MR) is 89.2 cm³/mol. The average Bonchev–Trinajstić information content (AvgIpc) is 2.98. The SMILES string of the molecule is CC1(C)CC(NCc2nnc(-c3cccc(Cl)c3)o2)C(C)(C)O1. The second-order valence-corrected chi connectivity index (χ2v) is 7.55. The first-order chi connectivity index (χ1) is 10.8. The van der Waals surface area contributed by atoms with E-state index in [4.69, 9.17) is 20.8 Å². The summed E-state index contributed by atoms with van der Waals surface area (Å²) in [6.07, 6.45) is 0.940. The molecule has 0 saturated carbocycles. The molecule has 0 aliphatic carbocycles. The van der Waals surface area contributed by atoms with E-state index in [9.17, 15) is 0 Å². The molecule has 124 valence electrons. The van der Waals surface area contributed by atoms with E-state index in [-0.39, 0.29) is 17.2 Å². The molecule has 2 aromatic rings. The average molecular weight is 336 g/mol. The fraction of sp³-hybridized carbons (Fsp3) is 0.529. The van der Waals surface area contributed by atoms with Crippen LogP contribution in [0, 0.1) is 0 Å². The Bertz CT molecular complexity index is 697. The zero-order valence-electron chi connectivity index (χ0n) is 13.9. The molecule has 1 fully saturated rings. The first-order valence-corrected chi connectivity index (χ1v) is 8.15. The first kappa shape index (κ1) is 16.4. The molecule has 1 aliphatic rings. The Labute approximate surface area is 141 Å². The highest BCUT2D eigenvalue weighted by atomic mass is 35.5. The van der Waals surface area contributed by atoms with Crippen LogP contribution in [0.15, 0.2) is 28.7 Å². The lowest BCUT2D eigenvalue weighted by molar-refractivity contribution is -0.0699. The number of aromatic nitrogens is 2. The van der Waals surface area contributed by atoms with Gasteiger partial charge in [0.2, 0.25) is 11.8 Å². The fourth-order valence-corrected chi connectivity index (χ4v) is 3.34. The van der Waals surface area contributed by atoms with E-state index in [1.54, 1.807) is 0 Å². The molecule has 1 aliphatic heterocycles. The molecule has 1 atom stereocenters. The number of rotatable bonds is 4. The van der Waals surface area contributed by atoms with E-state index in [1.807, 2.05) is 24.3 Å². The van der Waals surface area contributed by atoms with Crippen molar-refractivity contribution in [1.82, 2.24) is 15.5 Å². The fourth-order valence-electron chi connectivity index (χ4n) is 3.15. The maximum Gasteiger partial charge on any atom is 0.247 e. The van der Waals surface area contributed by atoms with Crippen molar-refractivity contribution in [2.24, 2.45) is 0 Å². The van der Waals surface area contributed by atoms with Crippen molar-refractivity contribution in [3.05, 3.63) is 35.2 Å². The summed E-state index contributed by atoms with van der Waals surface area (Å²) in [6.45, 7) is 8.94. The van der Waals surface area contributed by atoms with E-state index >= 15 is 0 Å². The maximum atomic E-state index is 6.08. The lowest BCUT2D eigenvalue weighted by Crippen LogP contribution is -2.43. The molecule has 6 heteroatoms. The van der Waals surface area contributed by atoms with Gasteiger partial charge in [0.15, 0.2) is 0 Å². The highest BCUT2D eigenvalue weighted by molar-refractivity contribution is 6.30. The first-order valence-electron chi connectivity index (χ1n) is 7.77. The molecule has 1 aromatic carbocycles. The molecule has 1 saturated heterocycles. The van der Waals surface area contributed by atoms with Gasteiger partial charge in [-0.15, -0.1) is 10.2 Å². The third-order valence-electron chi connectivity index (χ3n) is 4.11. The van der Waals surface area contributed by atoms with Crippen molar-refractivity contribution in [1.29, 1.82) is 0 Å². The van der Waals surface area contributed by atoms with Crippen LogP contribution in [-0.2, 0) is 11.3 Å². The van der Waals surface area contributed by atoms with Gasteiger partial charge in [-0.2, -0.15) is 0 Å². The van der Waals surface area contributed by atoms with Crippen LogP contribution in [0.2, 0.25) is 5.02 Å². The van der Waals surface area contributed by atoms with Crippen molar-refractivity contribution in [3.8, 4) is 11.5 Å². The van der Waals surface area contributed by atoms with Gasteiger partial charge in [-0.25, -0.2) is 0 Å². The number of benzene rings is 1. The van der Waals surface area contributed by atoms with Gasteiger partial charge in [0, 0.05) is 16.6 Å². The number of hydrogen-bond donors (Lipinski definition) is 1. The van der Waals surface area contributed by atoms with Gasteiger partial charge in [-0.05, 0) is 52.3 Å². The van der Waals surface area contributed by atoms with Gasteiger partial charge in [0.25, 0.3) is 0 Å². The number of halogens is 1. The molecule has 3 rings (SSSR count). The van der Waals surface area contributed by atoms with Gasteiger partial charge >= 0.3 is 0 Å². The van der Waals surface area contributed by atoms with E-state index in [2.05, 4.69) is 43.2 Å². The summed E-state index contributed by atoms with van der Waals surface area (Å²) < 4.78 is 11.8. The summed E-state index contributed by atoms with van der Waals surface area (Å²) >= 11 is 5.99. The molecular formula is C17H22ClN3O2. The van der Waals surface area contributed by atoms with Gasteiger partial charge < -0.3 is 14.5 Å². The summed E-state index contributed by atoms with van der Waals surface area (Å²) in [5, 5.41) is 12.3. The molecule has 1 N–H and O–H groups in total. The van der Waals surface area contributed by atoms with Crippen LogP contribution >= 0.6 is 11.6 Å². The van der Waals surface area contributed by atoms with Gasteiger partial charge in [-0.1, -0.05) is 17.7 Å². The number of nitrogens with zero attached hydrogens (tertiary/aromatic N) is 2. The summed E-state index contributed by atoms with van der Waals surface area (Å²) in [5.74, 6) is 1.03. The van der Waals surface area contributed by atoms with Crippen LogP contribution in [0.4, 0.5) is 0 Å². The highest BCUT2D eigenvalue weighted by Gasteiger charge is 2.45. The second-order valence-electron chi connectivity index (χ2n) is 7.11. The van der Waals surface area contributed by atoms with Crippen LogP contribution in [0.1, 0.15) is 40.0 Å². The van der Waals surface area contributed by atoms with E-state index in [0.717, 1.165) is 12.0 Å². The molecular weight excluding hydrogens is 314 g/mol. The van der Waals surface area contributed by atoms with Gasteiger partial charge in [-0.3, -0.25) is 0 Å². The molecule has 1 aromatic heterocycles. The minimum absolute atomic E-state index is 0.123. The minimum atomic E-state index is -0.223. The van der Waals surface area contributed by atoms with Crippen molar-refractivity contribution in [2.75, 3.05) is 0 Å². The Hall–Kier alpha value is -1.43. The molecule has 2 heterocycles. The summed E-state index contributed by atoms with van der Waals surface area (Å²) in [7, 11) is 0. The van der Waals surface area contributed by atoms with E-state index in [1.165, 1.54) is 0 Å². The number of nitrogens with one attached hydrogen (secondary N) is 1. The second kappa shape index (κ2) is 5.89. The summed E-state index contributed by atoms with van der Waals surface area (Å²) in [6, 6.07) is 7.61. The van der Waals surface area contributed by atoms with E-state index in [0.29, 0.717) is 23.3 Å². The maximum absolute atomic E-state index is 6.08. The van der Waals surface area contributed by atoms with Gasteiger partial charge in [0.05, 0.1) is 17.7 Å². The largest absolute Gasteiger partial charge is 0.419 e. The number of ether oxygens (including phenoxy) is 1. The normalized spacial score (nSPS) is 22.4. The molecule has 0 amide bonds. The molecule has 5 nitrogen and oxygen atoms in total. The lowest BCUT2D eigenvalue weighted by atomic mass is 9.94. The van der Waals surface area contributed by atoms with Crippen molar-refractivity contribution >= 4 is 11.6 Å². The molecule has 0 radical (unpaired) electrons. The monoisotopic (exact) mass is 335 g/mol. The smallest absolute Gasteiger partial charge is 0.247 e. The molecule has 1 unspecified atom stereocenters. The number of hydrogen-bond acceptors (Lipinski definition) is 5. The highest BCUT2D eigenvalue weighted by Crippen LogP contribution is 2.37. The molecule has 0 spiro atoms. The quantitative estimate of drug-likeness (QED) is 0.920. The third kappa shape index (κ3) is 3.74. The van der Waals surface area contributed by atoms with Crippen LogP contribution in [0.5, 0.6) is 0 Å². The van der Waals surface area contributed by atoms with Crippen LogP contribution in [-0.4, -0.2) is 27.4 Å². The van der Waals surface area contributed by atoms with Crippen LogP contribution in [0.25, 0.3) is 11.5 Å². The predicted octanol–water partition coefficient (Wildman–Crippen LogP) is 3.83. The Morgan fingerprint density at radius 2 is 2.04 bits per heavy atom. The topological polar surface area (TPSA) is 60.2 Å². The van der Waals surface area contributed by atoms with Crippen LogP contribution in [0.3, 0.4) is 0 Å². The van der Waals surface area contributed by atoms with E-state index < -0.39 is 0 Å². The third-order valence-corrected chi connectivity index (χ3v) is 4.35. The zero-order valence-corrected chi connectivity index (χ0v) is 14.6. The minimum Gasteiger partial charge on any atom is -0.419 e. The molecule has 23 heavy (non-hydrogen) atoms.